The molecule has 1 aromatic heterocycles. The number of nitrogens with zero attached hydrogens (tertiary/aromatic N) is 2. The molecule has 0 radical (unpaired) electrons. The number of aromatic nitrogens is 2. The third-order valence-electron chi connectivity index (χ3n) is 3.12. The van der Waals surface area contributed by atoms with Gasteiger partial charge in [-0.05, 0) is 38.0 Å². The van der Waals surface area contributed by atoms with Crippen LogP contribution in [0.4, 0.5) is 5.69 Å². The van der Waals surface area contributed by atoms with Crippen LogP contribution in [0.15, 0.2) is 30.5 Å². The number of benzene rings is 1. The molecule has 1 N–H and O–H groups in total. The Balaban J connectivity index is 1.96. The average Bonchev–Trinajstić information content (AvgIpc) is 2.68. The zero-order valence-electron chi connectivity index (χ0n) is 12.0. The number of rotatable bonds is 5. The van der Waals surface area contributed by atoms with Crippen LogP contribution in [0, 0.1) is 6.92 Å². The van der Waals surface area contributed by atoms with Gasteiger partial charge in [0.15, 0.2) is 0 Å². The molecule has 102 valence electrons. The van der Waals surface area contributed by atoms with E-state index >= 15 is 0 Å². The van der Waals surface area contributed by atoms with E-state index in [-0.39, 0.29) is 0 Å². The normalized spacial score (nSPS) is 12.2. The molecule has 1 unspecified atom stereocenters. The van der Waals surface area contributed by atoms with E-state index in [1.54, 1.807) is 7.11 Å². The van der Waals surface area contributed by atoms with Crippen molar-refractivity contribution in [1.29, 1.82) is 0 Å². The van der Waals surface area contributed by atoms with Crippen molar-refractivity contribution in [3.63, 3.8) is 0 Å². The monoisotopic (exact) mass is 259 g/mol. The second kappa shape index (κ2) is 5.78. The van der Waals surface area contributed by atoms with Crippen LogP contribution in [-0.2, 0) is 13.5 Å². The van der Waals surface area contributed by atoms with Gasteiger partial charge in [-0.15, -0.1) is 0 Å². The molecule has 4 nitrogen and oxygen atoms in total. The van der Waals surface area contributed by atoms with Crippen LogP contribution in [0.1, 0.15) is 18.2 Å². The van der Waals surface area contributed by atoms with E-state index < -0.39 is 0 Å². The van der Waals surface area contributed by atoms with Gasteiger partial charge in [-0.3, -0.25) is 4.68 Å². The predicted molar refractivity (Wildman–Crippen MR) is 77.7 cm³/mol. The first-order chi connectivity index (χ1) is 9.08. The molecular formula is C15H21N3O. The minimum Gasteiger partial charge on any atom is -0.497 e. The molecule has 1 aromatic carbocycles. The second-order valence-electron chi connectivity index (χ2n) is 4.90. The molecule has 0 aliphatic rings. The van der Waals surface area contributed by atoms with Crippen LogP contribution in [0.5, 0.6) is 5.75 Å². The maximum Gasteiger partial charge on any atom is 0.118 e. The third-order valence-corrected chi connectivity index (χ3v) is 3.12. The quantitative estimate of drug-likeness (QED) is 0.897. The average molecular weight is 259 g/mol. The maximum atomic E-state index is 5.16. The summed E-state index contributed by atoms with van der Waals surface area (Å²) in [5, 5.41) is 7.82. The van der Waals surface area contributed by atoms with Crippen LogP contribution < -0.4 is 10.1 Å². The maximum absolute atomic E-state index is 5.16. The molecule has 0 saturated carbocycles. The van der Waals surface area contributed by atoms with Crippen molar-refractivity contribution in [1.82, 2.24) is 9.78 Å². The zero-order valence-corrected chi connectivity index (χ0v) is 12.0. The molecule has 2 aromatic rings. The lowest BCUT2D eigenvalue weighted by Gasteiger charge is -2.14. The highest BCUT2D eigenvalue weighted by Crippen LogP contribution is 2.16. The first-order valence-corrected chi connectivity index (χ1v) is 6.48. The van der Waals surface area contributed by atoms with Gasteiger partial charge < -0.3 is 10.1 Å². The van der Waals surface area contributed by atoms with Gasteiger partial charge in [-0.2, -0.15) is 5.10 Å². The Morgan fingerprint density at radius 2 is 2.00 bits per heavy atom. The highest BCUT2D eigenvalue weighted by Gasteiger charge is 2.08. The lowest BCUT2D eigenvalue weighted by Crippen LogP contribution is -2.18. The molecule has 0 aliphatic heterocycles. The minimum atomic E-state index is 0.358. The summed E-state index contributed by atoms with van der Waals surface area (Å²) in [6.07, 6.45) is 2.98. The molecule has 0 fully saturated rings. The van der Waals surface area contributed by atoms with E-state index in [9.17, 15) is 0 Å². The summed E-state index contributed by atoms with van der Waals surface area (Å²) in [5.41, 5.74) is 3.43. The molecule has 1 atom stereocenters. The molecule has 0 aliphatic carbocycles. The highest BCUT2D eigenvalue weighted by molar-refractivity contribution is 5.46. The smallest absolute Gasteiger partial charge is 0.118 e. The molecule has 0 saturated heterocycles. The summed E-state index contributed by atoms with van der Waals surface area (Å²) in [4.78, 5) is 0. The number of anilines is 1. The van der Waals surface area contributed by atoms with Gasteiger partial charge >= 0.3 is 0 Å². The fraction of sp³-hybridized carbons (Fsp3) is 0.400. The molecule has 19 heavy (non-hydrogen) atoms. The number of nitrogens with one attached hydrogen (secondary N) is 1. The third kappa shape index (κ3) is 3.50. The van der Waals surface area contributed by atoms with E-state index in [1.165, 1.54) is 5.56 Å². The number of aryl methyl sites for hydroxylation is 2. The molecule has 0 bridgehead atoms. The van der Waals surface area contributed by atoms with E-state index in [4.69, 9.17) is 4.74 Å². The Kier molecular flexibility index (Phi) is 4.10. The molecule has 2 rings (SSSR count). The minimum absolute atomic E-state index is 0.358. The summed E-state index contributed by atoms with van der Waals surface area (Å²) in [7, 11) is 3.62. The van der Waals surface area contributed by atoms with Gasteiger partial charge in [0.1, 0.15) is 5.75 Å². The Bertz CT molecular complexity index is 531. The molecule has 0 spiro atoms. The van der Waals surface area contributed by atoms with E-state index in [0.29, 0.717) is 6.04 Å². The van der Waals surface area contributed by atoms with Crippen molar-refractivity contribution in [3.05, 3.63) is 41.7 Å². The van der Waals surface area contributed by atoms with E-state index in [2.05, 4.69) is 29.5 Å². The standard InChI is InChI=1S/C15H21N3O/c1-11(16-15-10-18(3)17-12(15)2)9-13-5-7-14(19-4)8-6-13/h5-8,10-11,16H,9H2,1-4H3. The Morgan fingerprint density at radius 3 is 2.53 bits per heavy atom. The lowest BCUT2D eigenvalue weighted by atomic mass is 10.1. The summed E-state index contributed by atoms with van der Waals surface area (Å²) in [5.74, 6) is 0.896. The van der Waals surface area contributed by atoms with Crippen LogP contribution in [0.2, 0.25) is 0 Å². The van der Waals surface area contributed by atoms with Gasteiger partial charge in [0.25, 0.3) is 0 Å². The zero-order chi connectivity index (χ0) is 13.8. The van der Waals surface area contributed by atoms with Crippen molar-refractivity contribution in [3.8, 4) is 5.75 Å². The number of methoxy groups -OCH3 is 1. The summed E-state index contributed by atoms with van der Waals surface area (Å²) < 4.78 is 6.99. The van der Waals surface area contributed by atoms with Gasteiger partial charge in [0, 0.05) is 19.3 Å². The largest absolute Gasteiger partial charge is 0.497 e. The Morgan fingerprint density at radius 1 is 1.32 bits per heavy atom. The number of ether oxygens (including phenoxy) is 1. The Hall–Kier alpha value is -1.97. The van der Waals surface area contributed by atoms with Gasteiger partial charge in [-0.1, -0.05) is 12.1 Å². The highest BCUT2D eigenvalue weighted by atomic mass is 16.5. The molecule has 4 heteroatoms. The molecule has 0 amide bonds. The van der Waals surface area contributed by atoms with Gasteiger partial charge in [0.05, 0.1) is 18.5 Å². The van der Waals surface area contributed by atoms with Gasteiger partial charge in [0.2, 0.25) is 0 Å². The predicted octanol–water partition coefficient (Wildman–Crippen LogP) is 2.78. The first-order valence-electron chi connectivity index (χ1n) is 6.48. The fourth-order valence-electron chi connectivity index (χ4n) is 2.17. The van der Waals surface area contributed by atoms with Crippen molar-refractivity contribution in [2.75, 3.05) is 12.4 Å². The SMILES string of the molecule is COc1ccc(CC(C)Nc2cn(C)nc2C)cc1. The fourth-order valence-corrected chi connectivity index (χ4v) is 2.17. The van der Waals surface area contributed by atoms with Crippen LogP contribution >= 0.6 is 0 Å². The molecular weight excluding hydrogens is 238 g/mol. The first kappa shape index (κ1) is 13.5. The van der Waals surface area contributed by atoms with Crippen LogP contribution in [0.3, 0.4) is 0 Å². The summed E-state index contributed by atoms with van der Waals surface area (Å²) in [6.45, 7) is 4.19. The second-order valence-corrected chi connectivity index (χ2v) is 4.90. The van der Waals surface area contributed by atoms with Crippen molar-refractivity contribution < 1.29 is 4.74 Å². The topological polar surface area (TPSA) is 39.1 Å². The van der Waals surface area contributed by atoms with Crippen molar-refractivity contribution >= 4 is 5.69 Å². The van der Waals surface area contributed by atoms with Crippen molar-refractivity contribution in [2.45, 2.75) is 26.3 Å². The number of hydrogen-bond acceptors (Lipinski definition) is 3. The summed E-state index contributed by atoms with van der Waals surface area (Å²) in [6, 6.07) is 8.56. The van der Waals surface area contributed by atoms with Crippen molar-refractivity contribution in [2.24, 2.45) is 7.05 Å². The lowest BCUT2D eigenvalue weighted by molar-refractivity contribution is 0.414. The van der Waals surface area contributed by atoms with E-state index in [1.807, 2.05) is 37.0 Å². The van der Waals surface area contributed by atoms with Crippen LogP contribution in [0.25, 0.3) is 0 Å². The van der Waals surface area contributed by atoms with Crippen LogP contribution in [-0.4, -0.2) is 22.9 Å². The molecule has 1 heterocycles. The summed E-state index contributed by atoms with van der Waals surface area (Å²) >= 11 is 0. The van der Waals surface area contributed by atoms with Gasteiger partial charge in [-0.25, -0.2) is 0 Å². The van der Waals surface area contributed by atoms with E-state index in [0.717, 1.165) is 23.6 Å². The Labute approximate surface area is 114 Å². The number of hydrogen-bond donors (Lipinski definition) is 1.